The summed E-state index contributed by atoms with van der Waals surface area (Å²) >= 11 is 0. The number of nitrogens with zero attached hydrogens (tertiary/aromatic N) is 2. The largest absolute Gasteiger partial charge is 0.445 e. The van der Waals surface area contributed by atoms with E-state index < -0.39 is 17.6 Å². The normalized spacial score (nSPS) is 19.3. The number of ether oxygens (including phenoxy) is 1. The van der Waals surface area contributed by atoms with Gasteiger partial charge in [0.05, 0.1) is 12.1 Å². The first-order valence-corrected chi connectivity index (χ1v) is 13.4. The summed E-state index contributed by atoms with van der Waals surface area (Å²) in [6.07, 6.45) is 0.885. The smallest absolute Gasteiger partial charge is 0.408 e. The maximum atomic E-state index is 13.5. The Labute approximate surface area is 218 Å². The number of carbonyl (C=O) groups excluding carboxylic acids is 3. The molecule has 0 aromatic heterocycles. The first kappa shape index (κ1) is 31.3. The highest BCUT2D eigenvalue weighted by Crippen LogP contribution is 2.34. The van der Waals surface area contributed by atoms with Crippen molar-refractivity contribution >= 4 is 18.0 Å². The van der Waals surface area contributed by atoms with Gasteiger partial charge < -0.3 is 25.2 Å². The van der Waals surface area contributed by atoms with Crippen molar-refractivity contribution in [3.8, 4) is 0 Å². The van der Waals surface area contributed by atoms with Crippen molar-refractivity contribution < 1.29 is 19.1 Å². The number of alkyl carbamates (subject to hydrolysis) is 1. The van der Waals surface area contributed by atoms with E-state index in [1.165, 1.54) is 0 Å². The number of nitrogens with one attached hydrogen (secondary N) is 2. The van der Waals surface area contributed by atoms with E-state index in [1.54, 1.807) is 0 Å². The zero-order valence-electron chi connectivity index (χ0n) is 23.8. The number of benzene rings is 1. The minimum Gasteiger partial charge on any atom is -0.445 e. The molecular formula is C28H48N4O4. The fraction of sp³-hybridized carbons (Fsp3) is 0.679. The van der Waals surface area contributed by atoms with Gasteiger partial charge in [-0.2, -0.15) is 0 Å². The standard InChI is InChI=1S/C24H36N4O4.2C2H6/c1-16(2)25-22(30)28-14-12-18-19(28)11-13-27(18)21(29)20(24(3,4)5)26-23(31)32-15-17-9-7-6-8-10-17;2*1-2/h6-10,16,18-20H,11-15H2,1-5H3,(H,25,30)(H,26,31);2*1-2H3/t18-,19-,20?;;/m1../s1. The fourth-order valence-corrected chi connectivity index (χ4v) is 4.54. The summed E-state index contributed by atoms with van der Waals surface area (Å²) in [5, 5.41) is 5.75. The molecule has 2 heterocycles. The van der Waals surface area contributed by atoms with Crippen LogP contribution in [-0.2, 0) is 16.1 Å². The van der Waals surface area contributed by atoms with Crippen molar-refractivity contribution in [1.82, 2.24) is 20.4 Å². The van der Waals surface area contributed by atoms with Crippen molar-refractivity contribution in [1.29, 1.82) is 0 Å². The Morgan fingerprint density at radius 3 is 1.97 bits per heavy atom. The molecule has 36 heavy (non-hydrogen) atoms. The average molecular weight is 505 g/mol. The van der Waals surface area contributed by atoms with Crippen LogP contribution < -0.4 is 10.6 Å². The number of hydrogen-bond donors (Lipinski definition) is 2. The quantitative estimate of drug-likeness (QED) is 0.579. The van der Waals surface area contributed by atoms with Gasteiger partial charge in [-0.05, 0) is 37.7 Å². The Morgan fingerprint density at radius 1 is 0.917 bits per heavy atom. The molecule has 8 heteroatoms. The van der Waals surface area contributed by atoms with Crippen LogP contribution in [0.15, 0.2) is 30.3 Å². The summed E-state index contributed by atoms with van der Waals surface area (Å²) in [4.78, 5) is 42.3. The zero-order chi connectivity index (χ0) is 27.5. The second-order valence-corrected chi connectivity index (χ2v) is 10.0. The molecule has 2 saturated heterocycles. The molecule has 0 aliphatic carbocycles. The molecule has 2 aliphatic heterocycles. The molecule has 1 aromatic rings. The molecule has 3 rings (SSSR count). The Morgan fingerprint density at radius 2 is 1.44 bits per heavy atom. The van der Waals surface area contributed by atoms with E-state index in [0.29, 0.717) is 13.1 Å². The third-order valence-electron chi connectivity index (χ3n) is 6.12. The Balaban J connectivity index is 0.00000154. The molecular weight excluding hydrogens is 456 g/mol. The van der Waals surface area contributed by atoms with Gasteiger partial charge in [0.15, 0.2) is 0 Å². The van der Waals surface area contributed by atoms with Crippen LogP contribution in [0.1, 0.15) is 80.7 Å². The Bertz CT molecular complexity index is 823. The van der Waals surface area contributed by atoms with Gasteiger partial charge in [0.1, 0.15) is 12.6 Å². The zero-order valence-corrected chi connectivity index (χ0v) is 23.8. The van der Waals surface area contributed by atoms with Crippen LogP contribution in [0, 0.1) is 5.41 Å². The van der Waals surface area contributed by atoms with E-state index in [0.717, 1.165) is 18.4 Å². The number of likely N-dealkylation sites (tertiary alicyclic amines) is 2. The highest BCUT2D eigenvalue weighted by molar-refractivity contribution is 5.87. The number of urea groups is 1. The van der Waals surface area contributed by atoms with Crippen molar-refractivity contribution in [2.24, 2.45) is 5.41 Å². The number of fused-ring (bicyclic) bond motifs is 1. The molecule has 204 valence electrons. The van der Waals surface area contributed by atoms with Crippen LogP contribution in [0.3, 0.4) is 0 Å². The van der Waals surface area contributed by atoms with E-state index in [-0.39, 0.29) is 36.7 Å². The van der Waals surface area contributed by atoms with Crippen LogP contribution >= 0.6 is 0 Å². The Kier molecular flexibility index (Phi) is 12.8. The molecule has 2 aliphatic rings. The lowest BCUT2D eigenvalue weighted by molar-refractivity contribution is -0.136. The lowest BCUT2D eigenvalue weighted by atomic mass is 9.85. The second-order valence-electron chi connectivity index (χ2n) is 10.0. The fourth-order valence-electron chi connectivity index (χ4n) is 4.54. The van der Waals surface area contributed by atoms with Crippen molar-refractivity contribution in [2.45, 2.75) is 106 Å². The van der Waals surface area contributed by atoms with Crippen LogP contribution in [0.4, 0.5) is 9.59 Å². The van der Waals surface area contributed by atoms with Crippen LogP contribution in [0.25, 0.3) is 0 Å². The maximum Gasteiger partial charge on any atom is 0.408 e. The molecule has 0 bridgehead atoms. The third kappa shape index (κ3) is 8.42. The van der Waals surface area contributed by atoms with Gasteiger partial charge in [0.2, 0.25) is 5.91 Å². The van der Waals surface area contributed by atoms with Gasteiger partial charge in [-0.15, -0.1) is 0 Å². The van der Waals surface area contributed by atoms with Gasteiger partial charge >= 0.3 is 12.1 Å². The van der Waals surface area contributed by atoms with Gasteiger partial charge in [0.25, 0.3) is 0 Å². The molecule has 2 N–H and O–H groups in total. The minimum absolute atomic E-state index is 0.0170. The van der Waals surface area contributed by atoms with Crippen molar-refractivity contribution in [3.05, 3.63) is 35.9 Å². The average Bonchev–Trinajstić information content (AvgIpc) is 3.45. The topological polar surface area (TPSA) is 91.0 Å². The molecule has 8 nitrogen and oxygen atoms in total. The number of hydrogen-bond acceptors (Lipinski definition) is 4. The second kappa shape index (κ2) is 14.7. The van der Waals surface area contributed by atoms with E-state index in [1.807, 2.05) is 102 Å². The first-order valence-electron chi connectivity index (χ1n) is 13.4. The van der Waals surface area contributed by atoms with Gasteiger partial charge in [-0.3, -0.25) is 4.79 Å². The summed E-state index contributed by atoms with van der Waals surface area (Å²) in [6.45, 7) is 19.0. The van der Waals surface area contributed by atoms with E-state index >= 15 is 0 Å². The van der Waals surface area contributed by atoms with Crippen LogP contribution in [0.2, 0.25) is 0 Å². The van der Waals surface area contributed by atoms with Crippen molar-refractivity contribution in [3.63, 3.8) is 0 Å². The number of rotatable bonds is 5. The SMILES string of the molecule is CC.CC.CC(C)NC(=O)N1CC[C@@H]2[C@H]1CCN2C(=O)C(NC(=O)OCc1ccccc1)C(C)(C)C. The summed E-state index contributed by atoms with van der Waals surface area (Å²) in [7, 11) is 0. The highest BCUT2D eigenvalue weighted by Gasteiger charge is 2.49. The highest BCUT2D eigenvalue weighted by atomic mass is 16.5. The van der Waals surface area contributed by atoms with E-state index in [4.69, 9.17) is 4.74 Å². The molecule has 0 radical (unpaired) electrons. The Hall–Kier alpha value is -2.77. The molecule has 0 spiro atoms. The molecule has 4 amide bonds. The predicted molar refractivity (Wildman–Crippen MR) is 145 cm³/mol. The molecule has 3 atom stereocenters. The van der Waals surface area contributed by atoms with Crippen molar-refractivity contribution in [2.75, 3.05) is 13.1 Å². The summed E-state index contributed by atoms with van der Waals surface area (Å²) in [5.74, 6) is -0.118. The monoisotopic (exact) mass is 504 g/mol. The molecule has 1 unspecified atom stereocenters. The summed E-state index contributed by atoms with van der Waals surface area (Å²) < 4.78 is 5.36. The van der Waals surface area contributed by atoms with Gasteiger partial charge in [0, 0.05) is 19.1 Å². The number of carbonyl (C=O) groups is 3. The molecule has 1 aromatic carbocycles. The van der Waals surface area contributed by atoms with E-state index in [2.05, 4.69) is 10.6 Å². The molecule has 2 fully saturated rings. The first-order chi connectivity index (χ1) is 17.1. The minimum atomic E-state index is -0.719. The lowest BCUT2D eigenvalue weighted by Crippen LogP contribution is -2.56. The van der Waals surface area contributed by atoms with Crippen LogP contribution in [-0.4, -0.2) is 65.1 Å². The summed E-state index contributed by atoms with van der Waals surface area (Å²) in [6, 6.07) is 8.70. The lowest BCUT2D eigenvalue weighted by Gasteiger charge is -2.35. The van der Waals surface area contributed by atoms with Gasteiger partial charge in [-0.1, -0.05) is 78.8 Å². The van der Waals surface area contributed by atoms with E-state index in [9.17, 15) is 14.4 Å². The predicted octanol–water partition coefficient (Wildman–Crippen LogP) is 5.17. The van der Waals surface area contributed by atoms with Crippen LogP contribution in [0.5, 0.6) is 0 Å². The number of amides is 4. The van der Waals surface area contributed by atoms with Gasteiger partial charge in [-0.25, -0.2) is 9.59 Å². The molecule has 0 saturated carbocycles. The maximum absolute atomic E-state index is 13.5. The third-order valence-corrected chi connectivity index (χ3v) is 6.12. The summed E-state index contributed by atoms with van der Waals surface area (Å²) in [5.41, 5.74) is 0.392.